The van der Waals surface area contributed by atoms with Crippen molar-refractivity contribution in [1.82, 2.24) is 0 Å². The number of aliphatic hydroxyl groups is 2. The van der Waals surface area contributed by atoms with E-state index in [9.17, 15) is 24.6 Å². The topological polar surface area (TPSA) is 91.7 Å². The summed E-state index contributed by atoms with van der Waals surface area (Å²) in [6.45, 7) is 0. The van der Waals surface area contributed by atoms with Crippen LogP contribution in [0, 0.1) is 5.92 Å². The van der Waals surface area contributed by atoms with Gasteiger partial charge in [0.2, 0.25) is 0 Å². The van der Waals surface area contributed by atoms with Gasteiger partial charge in [-0.15, -0.1) is 0 Å². The highest BCUT2D eigenvalue weighted by Crippen LogP contribution is 2.37. The van der Waals surface area contributed by atoms with Gasteiger partial charge in [0.25, 0.3) is 0 Å². The molecule has 136 valence electrons. The molecule has 2 aliphatic rings. The van der Waals surface area contributed by atoms with Gasteiger partial charge in [-0.25, -0.2) is 0 Å². The van der Waals surface area contributed by atoms with Crippen LogP contribution in [0.5, 0.6) is 0 Å². The number of hydrogen-bond acceptors (Lipinski definition) is 5. The van der Waals surface area contributed by atoms with E-state index in [1.807, 2.05) is 0 Å². The van der Waals surface area contributed by atoms with E-state index in [2.05, 4.69) is 15.9 Å². The Morgan fingerprint density at radius 3 is 1.73 bits per heavy atom. The molecule has 0 radical (unpaired) electrons. The fraction of sp³-hybridized carbons (Fsp3) is 0.350. The van der Waals surface area contributed by atoms with Gasteiger partial charge in [-0.05, 0) is 25.0 Å². The summed E-state index contributed by atoms with van der Waals surface area (Å²) in [6.07, 6.45) is 2.01. The van der Waals surface area contributed by atoms with E-state index in [1.54, 1.807) is 24.3 Å². The monoisotopic (exact) mass is 418 g/mol. The van der Waals surface area contributed by atoms with Crippen LogP contribution >= 0.6 is 15.9 Å². The van der Waals surface area contributed by atoms with Crippen molar-refractivity contribution in [2.75, 3.05) is 0 Å². The first-order chi connectivity index (χ1) is 12.4. The fourth-order valence-corrected chi connectivity index (χ4v) is 3.80. The number of Topliss-reactive ketones (excluding diaryl/α,β-unsaturated/α-hetero) is 3. The maximum absolute atomic E-state index is 13.2. The molecule has 0 heterocycles. The molecule has 5 nitrogen and oxygen atoms in total. The summed E-state index contributed by atoms with van der Waals surface area (Å²) < 4.78 is 0.789. The van der Waals surface area contributed by atoms with E-state index in [0.29, 0.717) is 18.4 Å². The summed E-state index contributed by atoms with van der Waals surface area (Å²) in [4.78, 5) is 38.2. The highest BCUT2D eigenvalue weighted by atomic mass is 79.9. The Morgan fingerprint density at radius 1 is 0.846 bits per heavy atom. The number of benzene rings is 1. The van der Waals surface area contributed by atoms with Crippen molar-refractivity contribution in [3.05, 3.63) is 57.0 Å². The average molecular weight is 419 g/mol. The van der Waals surface area contributed by atoms with Crippen molar-refractivity contribution < 1.29 is 24.6 Å². The molecule has 0 saturated carbocycles. The summed E-state index contributed by atoms with van der Waals surface area (Å²) in [5, 5.41) is 20.7. The van der Waals surface area contributed by atoms with Crippen LogP contribution in [0.2, 0.25) is 0 Å². The van der Waals surface area contributed by atoms with Gasteiger partial charge in [0.1, 0.15) is 11.5 Å². The summed E-state index contributed by atoms with van der Waals surface area (Å²) in [5.74, 6) is -2.72. The highest BCUT2D eigenvalue weighted by Gasteiger charge is 2.40. The van der Waals surface area contributed by atoms with Crippen LogP contribution in [0.3, 0.4) is 0 Å². The Balaban J connectivity index is 2.16. The Labute approximate surface area is 159 Å². The number of rotatable bonds is 4. The summed E-state index contributed by atoms with van der Waals surface area (Å²) in [7, 11) is 0. The predicted molar refractivity (Wildman–Crippen MR) is 99.0 cm³/mol. The SMILES string of the molecule is O=C1CCCC(O)=C1C(C(=O)c1ccc(Br)cc1)C1=C(O)CCCC1=O. The van der Waals surface area contributed by atoms with E-state index < -0.39 is 11.7 Å². The zero-order chi connectivity index (χ0) is 18.8. The molecule has 1 aromatic rings. The molecular weight excluding hydrogens is 400 g/mol. The molecule has 0 aromatic heterocycles. The molecule has 1 aromatic carbocycles. The Bertz CT molecular complexity index is 790. The number of hydrogen-bond donors (Lipinski definition) is 2. The number of halogens is 1. The second kappa shape index (κ2) is 7.58. The lowest BCUT2D eigenvalue weighted by molar-refractivity contribution is -0.117. The molecule has 2 aliphatic carbocycles. The summed E-state index contributed by atoms with van der Waals surface area (Å²) >= 11 is 3.30. The van der Waals surface area contributed by atoms with E-state index >= 15 is 0 Å². The lowest BCUT2D eigenvalue weighted by Crippen LogP contribution is -2.32. The zero-order valence-corrected chi connectivity index (χ0v) is 15.7. The van der Waals surface area contributed by atoms with Crippen molar-refractivity contribution in [2.45, 2.75) is 38.5 Å². The summed E-state index contributed by atoms with van der Waals surface area (Å²) in [6, 6.07) is 6.57. The zero-order valence-electron chi connectivity index (χ0n) is 14.1. The van der Waals surface area contributed by atoms with Gasteiger partial charge in [-0.1, -0.05) is 28.1 Å². The first-order valence-electron chi connectivity index (χ1n) is 8.60. The van der Waals surface area contributed by atoms with Crippen LogP contribution in [-0.4, -0.2) is 27.6 Å². The molecule has 0 unspecified atom stereocenters. The predicted octanol–water partition coefficient (Wildman–Crippen LogP) is 4.38. The minimum Gasteiger partial charge on any atom is -0.512 e. The smallest absolute Gasteiger partial charge is 0.175 e. The molecule has 0 spiro atoms. The van der Waals surface area contributed by atoms with Gasteiger partial charge in [-0.2, -0.15) is 0 Å². The van der Waals surface area contributed by atoms with Crippen LogP contribution in [0.15, 0.2) is 51.4 Å². The molecule has 0 amide bonds. The number of allylic oxidation sites excluding steroid dienone is 4. The Hall–Kier alpha value is -2.21. The fourth-order valence-electron chi connectivity index (χ4n) is 3.54. The highest BCUT2D eigenvalue weighted by molar-refractivity contribution is 9.10. The lowest BCUT2D eigenvalue weighted by Gasteiger charge is -2.27. The number of carbonyl (C=O) groups excluding carboxylic acids is 3. The standard InChI is InChI=1S/C20H19BrO5/c21-12-9-7-11(8-10-12)20(26)19(17-13(22)3-1-4-14(17)23)18-15(24)5-2-6-16(18)25/h7-10,19,22,24H,1-6H2. The molecule has 2 N–H and O–H groups in total. The third kappa shape index (κ3) is 3.51. The maximum Gasteiger partial charge on any atom is 0.175 e. The number of aliphatic hydroxyl groups excluding tert-OH is 2. The van der Waals surface area contributed by atoms with Gasteiger partial charge < -0.3 is 10.2 Å². The molecule has 0 saturated heterocycles. The molecule has 0 aliphatic heterocycles. The van der Waals surface area contributed by atoms with Gasteiger partial charge in [0.15, 0.2) is 17.3 Å². The third-order valence-electron chi connectivity index (χ3n) is 4.83. The van der Waals surface area contributed by atoms with Crippen molar-refractivity contribution in [3.63, 3.8) is 0 Å². The van der Waals surface area contributed by atoms with Crippen molar-refractivity contribution in [3.8, 4) is 0 Å². The van der Waals surface area contributed by atoms with Crippen LogP contribution in [0.4, 0.5) is 0 Å². The van der Waals surface area contributed by atoms with Gasteiger partial charge in [-0.3, -0.25) is 14.4 Å². The minimum atomic E-state index is -1.25. The van der Waals surface area contributed by atoms with Crippen LogP contribution in [0.1, 0.15) is 48.9 Å². The van der Waals surface area contributed by atoms with Gasteiger partial charge in [0.05, 0.1) is 5.92 Å². The molecule has 3 rings (SSSR count). The Morgan fingerprint density at radius 2 is 1.31 bits per heavy atom. The average Bonchev–Trinajstić information content (AvgIpc) is 2.60. The van der Waals surface area contributed by atoms with E-state index in [-0.39, 0.29) is 59.9 Å². The number of carbonyl (C=O) groups is 3. The maximum atomic E-state index is 13.2. The first kappa shape index (κ1) is 18.6. The lowest BCUT2D eigenvalue weighted by atomic mass is 9.74. The summed E-state index contributed by atoms with van der Waals surface area (Å²) in [5.41, 5.74) is 0.234. The third-order valence-corrected chi connectivity index (χ3v) is 5.35. The van der Waals surface area contributed by atoms with E-state index in [1.165, 1.54) is 0 Å². The Kier molecular flexibility index (Phi) is 5.41. The normalized spacial score (nSPS) is 18.7. The number of ketones is 3. The van der Waals surface area contributed by atoms with Crippen molar-refractivity contribution in [2.24, 2.45) is 5.92 Å². The second-order valence-corrected chi connectivity index (χ2v) is 7.49. The quantitative estimate of drug-likeness (QED) is 0.707. The largest absolute Gasteiger partial charge is 0.512 e. The minimum absolute atomic E-state index is 0.0408. The first-order valence-corrected chi connectivity index (χ1v) is 9.39. The van der Waals surface area contributed by atoms with Crippen molar-refractivity contribution in [1.29, 1.82) is 0 Å². The van der Waals surface area contributed by atoms with Crippen LogP contribution in [-0.2, 0) is 9.59 Å². The van der Waals surface area contributed by atoms with Crippen LogP contribution < -0.4 is 0 Å². The molecule has 26 heavy (non-hydrogen) atoms. The van der Waals surface area contributed by atoms with E-state index in [0.717, 1.165) is 4.47 Å². The van der Waals surface area contributed by atoms with E-state index in [4.69, 9.17) is 0 Å². The van der Waals surface area contributed by atoms with Gasteiger partial charge in [0, 0.05) is 46.9 Å². The molecule has 0 bridgehead atoms. The van der Waals surface area contributed by atoms with Crippen LogP contribution in [0.25, 0.3) is 0 Å². The van der Waals surface area contributed by atoms with Crippen molar-refractivity contribution >= 4 is 33.3 Å². The second-order valence-electron chi connectivity index (χ2n) is 6.58. The molecule has 0 atom stereocenters. The molecule has 6 heteroatoms. The van der Waals surface area contributed by atoms with Gasteiger partial charge >= 0.3 is 0 Å². The molecular formula is C20H19BrO5. The molecule has 0 fully saturated rings.